The minimum atomic E-state index is -0.949. The fourth-order valence-electron chi connectivity index (χ4n) is 4.07. The fraction of sp³-hybridized carbons (Fsp3) is 0.348. The highest BCUT2D eigenvalue weighted by molar-refractivity contribution is 5.94. The van der Waals surface area contributed by atoms with Gasteiger partial charge in [-0.2, -0.15) is 0 Å². The van der Waals surface area contributed by atoms with E-state index in [9.17, 15) is 9.90 Å². The molecule has 26 heavy (non-hydrogen) atoms. The van der Waals surface area contributed by atoms with Gasteiger partial charge in [-0.15, -0.1) is 0 Å². The molecule has 0 amide bonds. The number of hydrogen-bond donors (Lipinski definition) is 1. The first-order chi connectivity index (χ1) is 12.6. The molecule has 2 aliphatic rings. The predicted molar refractivity (Wildman–Crippen MR) is 101 cm³/mol. The molecule has 0 radical (unpaired) electrons. The molecule has 3 heteroatoms. The molecule has 1 heterocycles. The van der Waals surface area contributed by atoms with Crippen molar-refractivity contribution in [3.8, 4) is 0 Å². The Labute approximate surface area is 154 Å². The number of ether oxygens (including phenoxy) is 1. The van der Waals surface area contributed by atoms with E-state index in [2.05, 4.69) is 0 Å². The van der Waals surface area contributed by atoms with Gasteiger partial charge in [0, 0.05) is 12.3 Å². The highest BCUT2D eigenvalue weighted by atomic mass is 16.6. The zero-order valence-corrected chi connectivity index (χ0v) is 15.0. The van der Waals surface area contributed by atoms with Gasteiger partial charge < -0.3 is 9.84 Å². The smallest absolute Gasteiger partial charge is 0.339 e. The predicted octanol–water partition coefficient (Wildman–Crippen LogP) is 4.94. The van der Waals surface area contributed by atoms with E-state index in [-0.39, 0.29) is 17.6 Å². The van der Waals surface area contributed by atoms with Gasteiger partial charge in [0.1, 0.15) is 5.76 Å². The van der Waals surface area contributed by atoms with Crippen molar-refractivity contribution in [2.24, 2.45) is 5.92 Å². The number of aliphatic hydroxyl groups excluding tert-OH is 1. The SMILES string of the molecule is CCC1(Cc2ccccc2)OC(=O)C(C(c2ccccc2)C2CC2)=C1O. The molecule has 0 bridgehead atoms. The molecule has 1 N–H and O–H groups in total. The summed E-state index contributed by atoms with van der Waals surface area (Å²) in [7, 11) is 0. The van der Waals surface area contributed by atoms with Crippen LogP contribution in [0.25, 0.3) is 0 Å². The van der Waals surface area contributed by atoms with Gasteiger partial charge in [0.15, 0.2) is 5.60 Å². The normalized spacial score (nSPS) is 23.8. The lowest BCUT2D eigenvalue weighted by Gasteiger charge is -2.27. The van der Waals surface area contributed by atoms with Crippen LogP contribution in [0.4, 0.5) is 0 Å². The second-order valence-electron chi connectivity index (χ2n) is 7.39. The lowest BCUT2D eigenvalue weighted by atomic mass is 9.82. The molecule has 2 atom stereocenters. The summed E-state index contributed by atoms with van der Waals surface area (Å²) in [5, 5.41) is 11.2. The van der Waals surface area contributed by atoms with Crippen LogP contribution in [-0.2, 0) is 16.0 Å². The first-order valence-electron chi connectivity index (χ1n) is 9.40. The van der Waals surface area contributed by atoms with Crippen LogP contribution in [-0.4, -0.2) is 16.7 Å². The molecule has 2 aromatic carbocycles. The summed E-state index contributed by atoms with van der Waals surface area (Å²) in [6.45, 7) is 1.96. The average molecular weight is 348 g/mol. The molecule has 0 saturated heterocycles. The van der Waals surface area contributed by atoms with Crippen molar-refractivity contribution in [1.82, 2.24) is 0 Å². The van der Waals surface area contributed by atoms with Gasteiger partial charge in [0.05, 0.1) is 5.57 Å². The standard InChI is InChI=1S/C23H24O3/c1-2-23(15-16-9-5-3-6-10-16)21(24)20(22(25)26-23)19(18-13-14-18)17-11-7-4-8-12-17/h3-12,18-19,24H,2,13-15H2,1H3. The van der Waals surface area contributed by atoms with E-state index in [1.807, 2.05) is 67.6 Å². The Bertz CT molecular complexity index is 821. The Kier molecular flexibility index (Phi) is 4.31. The van der Waals surface area contributed by atoms with Gasteiger partial charge in [0.2, 0.25) is 0 Å². The van der Waals surface area contributed by atoms with Crippen molar-refractivity contribution >= 4 is 5.97 Å². The maximum Gasteiger partial charge on any atom is 0.339 e. The number of aliphatic hydroxyl groups is 1. The van der Waals surface area contributed by atoms with Gasteiger partial charge in [-0.25, -0.2) is 4.79 Å². The summed E-state index contributed by atoms with van der Waals surface area (Å²) in [5.41, 5.74) is 1.66. The summed E-state index contributed by atoms with van der Waals surface area (Å²) in [5.74, 6) is 0.107. The topological polar surface area (TPSA) is 46.5 Å². The molecule has 0 aromatic heterocycles. The van der Waals surface area contributed by atoms with Gasteiger partial charge in [-0.1, -0.05) is 67.6 Å². The molecular weight excluding hydrogens is 324 g/mol. The Balaban J connectivity index is 1.75. The number of carbonyl (C=O) groups is 1. The third-order valence-electron chi connectivity index (χ3n) is 5.66. The number of benzene rings is 2. The Morgan fingerprint density at radius 2 is 1.69 bits per heavy atom. The van der Waals surface area contributed by atoms with Gasteiger partial charge >= 0.3 is 5.97 Å². The van der Waals surface area contributed by atoms with Crippen LogP contribution in [0.5, 0.6) is 0 Å². The van der Waals surface area contributed by atoms with Crippen LogP contribution in [0.3, 0.4) is 0 Å². The molecule has 1 fully saturated rings. The van der Waals surface area contributed by atoms with E-state index in [4.69, 9.17) is 4.74 Å². The number of rotatable bonds is 6. The molecule has 1 saturated carbocycles. The quantitative estimate of drug-likeness (QED) is 0.752. The lowest BCUT2D eigenvalue weighted by Crippen LogP contribution is -2.34. The number of esters is 1. The summed E-state index contributed by atoms with van der Waals surface area (Å²) >= 11 is 0. The lowest BCUT2D eigenvalue weighted by molar-refractivity contribution is -0.148. The van der Waals surface area contributed by atoms with Crippen LogP contribution in [0, 0.1) is 5.92 Å². The van der Waals surface area contributed by atoms with Crippen molar-refractivity contribution in [1.29, 1.82) is 0 Å². The van der Waals surface area contributed by atoms with Crippen LogP contribution >= 0.6 is 0 Å². The van der Waals surface area contributed by atoms with Gasteiger partial charge in [0.25, 0.3) is 0 Å². The monoisotopic (exact) mass is 348 g/mol. The van der Waals surface area contributed by atoms with Crippen LogP contribution < -0.4 is 0 Å². The van der Waals surface area contributed by atoms with Crippen molar-refractivity contribution in [2.45, 2.75) is 44.1 Å². The maximum absolute atomic E-state index is 12.9. The number of hydrogen-bond acceptors (Lipinski definition) is 3. The summed E-state index contributed by atoms with van der Waals surface area (Å²) in [6, 6.07) is 19.9. The second kappa shape index (κ2) is 6.64. The van der Waals surface area contributed by atoms with E-state index < -0.39 is 5.60 Å². The Morgan fingerprint density at radius 3 is 2.27 bits per heavy atom. The summed E-state index contributed by atoms with van der Waals surface area (Å²) < 4.78 is 5.84. The molecular formula is C23H24O3. The minimum absolute atomic E-state index is 0.0760. The first-order valence-corrected chi connectivity index (χ1v) is 9.40. The van der Waals surface area contributed by atoms with Crippen molar-refractivity contribution in [3.05, 3.63) is 83.1 Å². The molecule has 1 aliphatic heterocycles. The van der Waals surface area contributed by atoms with Gasteiger partial charge in [-0.3, -0.25) is 0 Å². The van der Waals surface area contributed by atoms with E-state index in [0.717, 1.165) is 24.0 Å². The molecule has 4 rings (SSSR count). The molecule has 3 nitrogen and oxygen atoms in total. The molecule has 0 spiro atoms. The largest absolute Gasteiger partial charge is 0.507 e. The highest BCUT2D eigenvalue weighted by Gasteiger charge is 2.51. The number of cyclic esters (lactones) is 1. The highest BCUT2D eigenvalue weighted by Crippen LogP contribution is 2.51. The Hall–Kier alpha value is -2.55. The van der Waals surface area contributed by atoms with Crippen molar-refractivity contribution in [3.63, 3.8) is 0 Å². The fourth-order valence-corrected chi connectivity index (χ4v) is 4.07. The van der Waals surface area contributed by atoms with E-state index in [0.29, 0.717) is 24.3 Å². The molecule has 2 unspecified atom stereocenters. The first kappa shape index (κ1) is 16.9. The van der Waals surface area contributed by atoms with E-state index in [1.54, 1.807) is 0 Å². The third kappa shape index (κ3) is 2.92. The van der Waals surface area contributed by atoms with E-state index >= 15 is 0 Å². The zero-order chi connectivity index (χ0) is 18.1. The summed E-state index contributed by atoms with van der Waals surface area (Å²) in [4.78, 5) is 12.9. The van der Waals surface area contributed by atoms with Crippen molar-refractivity contribution < 1.29 is 14.6 Å². The second-order valence-corrected chi connectivity index (χ2v) is 7.39. The maximum atomic E-state index is 12.9. The van der Waals surface area contributed by atoms with E-state index in [1.165, 1.54) is 0 Å². The Morgan fingerprint density at radius 1 is 1.08 bits per heavy atom. The molecule has 2 aromatic rings. The van der Waals surface area contributed by atoms with Crippen LogP contribution in [0.1, 0.15) is 43.2 Å². The zero-order valence-electron chi connectivity index (χ0n) is 15.0. The van der Waals surface area contributed by atoms with Gasteiger partial charge in [-0.05, 0) is 36.3 Å². The van der Waals surface area contributed by atoms with Crippen molar-refractivity contribution in [2.75, 3.05) is 0 Å². The average Bonchev–Trinajstić information content (AvgIpc) is 3.47. The van der Waals surface area contributed by atoms with Crippen LogP contribution in [0.15, 0.2) is 72.0 Å². The summed E-state index contributed by atoms with van der Waals surface area (Å²) in [6.07, 6.45) is 3.22. The molecule has 134 valence electrons. The van der Waals surface area contributed by atoms with Crippen LogP contribution in [0.2, 0.25) is 0 Å². The minimum Gasteiger partial charge on any atom is -0.507 e. The molecule has 1 aliphatic carbocycles. The third-order valence-corrected chi connectivity index (χ3v) is 5.66. The number of carbonyl (C=O) groups excluding carboxylic acids is 1.